The van der Waals surface area contributed by atoms with Gasteiger partial charge in [-0.15, -0.1) is 0 Å². The molecule has 2 rings (SSSR count). The maximum Gasteiger partial charge on any atom is 0.273 e. The molecule has 8 heteroatoms. The summed E-state index contributed by atoms with van der Waals surface area (Å²) in [7, 11) is 1.54. The molecule has 18 heavy (non-hydrogen) atoms. The molecule has 0 unspecified atom stereocenters. The standard InChI is InChI=1S/C10H13N5O3/c1-17-5-7-4-8(15-18-7)10(16)11-3-2-9-12-6-13-14-9/h4,6H,2-3,5H2,1H3,(H,11,16)(H,12,13,14). The number of H-pyrrole nitrogens is 1. The molecule has 0 bridgehead atoms. The molecule has 0 aliphatic rings. The van der Waals surface area contributed by atoms with E-state index in [9.17, 15) is 4.79 Å². The summed E-state index contributed by atoms with van der Waals surface area (Å²) in [6, 6.07) is 1.55. The van der Waals surface area contributed by atoms with E-state index < -0.39 is 0 Å². The van der Waals surface area contributed by atoms with E-state index in [0.29, 0.717) is 25.3 Å². The fourth-order valence-corrected chi connectivity index (χ4v) is 1.37. The van der Waals surface area contributed by atoms with Gasteiger partial charge in [0.2, 0.25) is 0 Å². The molecule has 0 saturated heterocycles. The Labute approximate surface area is 103 Å². The molecule has 96 valence electrons. The summed E-state index contributed by atoms with van der Waals surface area (Å²) in [4.78, 5) is 15.6. The van der Waals surface area contributed by atoms with Crippen molar-refractivity contribution in [3.05, 3.63) is 29.7 Å². The topological polar surface area (TPSA) is 106 Å². The summed E-state index contributed by atoms with van der Waals surface area (Å²) in [5, 5.41) is 12.8. The number of methoxy groups -OCH3 is 1. The number of carbonyl (C=O) groups is 1. The van der Waals surface area contributed by atoms with Crippen LogP contribution >= 0.6 is 0 Å². The van der Waals surface area contributed by atoms with Gasteiger partial charge in [-0.2, -0.15) is 5.10 Å². The molecule has 0 fully saturated rings. The van der Waals surface area contributed by atoms with Crippen molar-refractivity contribution in [2.24, 2.45) is 0 Å². The van der Waals surface area contributed by atoms with E-state index in [4.69, 9.17) is 9.26 Å². The summed E-state index contributed by atoms with van der Waals surface area (Å²) in [6.45, 7) is 0.735. The van der Waals surface area contributed by atoms with Gasteiger partial charge in [-0.05, 0) is 0 Å². The number of aromatic amines is 1. The summed E-state index contributed by atoms with van der Waals surface area (Å²) < 4.78 is 9.78. The molecule has 0 aliphatic carbocycles. The smallest absolute Gasteiger partial charge is 0.273 e. The van der Waals surface area contributed by atoms with Crippen molar-refractivity contribution in [2.45, 2.75) is 13.0 Å². The fraction of sp³-hybridized carbons (Fsp3) is 0.400. The predicted molar refractivity (Wildman–Crippen MR) is 59.6 cm³/mol. The molecular weight excluding hydrogens is 238 g/mol. The van der Waals surface area contributed by atoms with Crippen molar-refractivity contribution in [2.75, 3.05) is 13.7 Å². The van der Waals surface area contributed by atoms with Gasteiger partial charge in [0, 0.05) is 26.1 Å². The van der Waals surface area contributed by atoms with Crippen molar-refractivity contribution < 1.29 is 14.1 Å². The highest BCUT2D eigenvalue weighted by atomic mass is 16.5. The SMILES string of the molecule is COCc1cc(C(=O)NCCc2ncn[nH]2)no1. The van der Waals surface area contributed by atoms with Crippen LogP contribution < -0.4 is 5.32 Å². The Morgan fingerprint density at radius 1 is 1.61 bits per heavy atom. The number of aromatic nitrogens is 4. The molecular formula is C10H13N5O3. The van der Waals surface area contributed by atoms with Gasteiger partial charge >= 0.3 is 0 Å². The Morgan fingerprint density at radius 2 is 2.50 bits per heavy atom. The van der Waals surface area contributed by atoms with Gasteiger partial charge in [0.15, 0.2) is 11.5 Å². The fourth-order valence-electron chi connectivity index (χ4n) is 1.37. The van der Waals surface area contributed by atoms with Crippen LogP contribution in [0.15, 0.2) is 16.9 Å². The number of carbonyl (C=O) groups excluding carboxylic acids is 1. The molecule has 0 radical (unpaired) electrons. The van der Waals surface area contributed by atoms with Crippen LogP contribution in [0.1, 0.15) is 22.1 Å². The Morgan fingerprint density at radius 3 is 3.22 bits per heavy atom. The summed E-state index contributed by atoms with van der Waals surface area (Å²) in [5.41, 5.74) is 0.236. The number of hydrogen-bond donors (Lipinski definition) is 2. The zero-order chi connectivity index (χ0) is 12.8. The summed E-state index contributed by atoms with van der Waals surface area (Å²) in [5.74, 6) is 0.939. The average molecular weight is 251 g/mol. The number of ether oxygens (including phenoxy) is 1. The normalized spacial score (nSPS) is 10.5. The maximum atomic E-state index is 11.7. The Hall–Kier alpha value is -2.22. The number of amides is 1. The lowest BCUT2D eigenvalue weighted by Crippen LogP contribution is -2.26. The first kappa shape index (κ1) is 12.2. The number of hydrogen-bond acceptors (Lipinski definition) is 6. The van der Waals surface area contributed by atoms with Crippen LogP contribution in [-0.4, -0.2) is 39.9 Å². The zero-order valence-electron chi connectivity index (χ0n) is 9.84. The van der Waals surface area contributed by atoms with E-state index >= 15 is 0 Å². The Bertz CT molecular complexity index is 493. The molecule has 0 spiro atoms. The van der Waals surface area contributed by atoms with E-state index in [1.54, 1.807) is 13.2 Å². The van der Waals surface area contributed by atoms with E-state index in [-0.39, 0.29) is 11.6 Å². The van der Waals surface area contributed by atoms with Gasteiger partial charge in [0.1, 0.15) is 18.8 Å². The van der Waals surface area contributed by atoms with Crippen LogP contribution in [0.25, 0.3) is 0 Å². The number of nitrogens with one attached hydrogen (secondary N) is 2. The second-order valence-corrected chi connectivity index (χ2v) is 3.55. The minimum absolute atomic E-state index is 0.236. The van der Waals surface area contributed by atoms with E-state index in [0.717, 1.165) is 5.82 Å². The molecule has 2 heterocycles. The third kappa shape index (κ3) is 3.14. The maximum absolute atomic E-state index is 11.7. The van der Waals surface area contributed by atoms with Crippen LogP contribution in [0, 0.1) is 0 Å². The molecule has 1 amide bonds. The molecule has 0 atom stereocenters. The zero-order valence-corrected chi connectivity index (χ0v) is 9.84. The highest BCUT2D eigenvalue weighted by Crippen LogP contribution is 2.04. The van der Waals surface area contributed by atoms with Crippen LogP contribution in [0.4, 0.5) is 0 Å². The lowest BCUT2D eigenvalue weighted by molar-refractivity contribution is 0.0944. The Balaban J connectivity index is 1.80. The van der Waals surface area contributed by atoms with Gasteiger partial charge in [-0.1, -0.05) is 5.16 Å². The predicted octanol–water partition coefficient (Wildman–Crippen LogP) is -0.0884. The number of nitrogens with zero attached hydrogens (tertiary/aromatic N) is 3. The molecule has 2 aromatic rings. The summed E-state index contributed by atoms with van der Waals surface area (Å²) in [6.07, 6.45) is 2.00. The van der Waals surface area contributed by atoms with E-state index in [1.165, 1.54) is 6.33 Å². The Kier molecular flexibility index (Phi) is 4.02. The first-order chi connectivity index (χ1) is 8.79. The monoisotopic (exact) mass is 251 g/mol. The molecule has 0 aliphatic heterocycles. The van der Waals surface area contributed by atoms with Gasteiger partial charge < -0.3 is 14.6 Å². The van der Waals surface area contributed by atoms with Gasteiger partial charge in [-0.3, -0.25) is 9.89 Å². The van der Waals surface area contributed by atoms with E-state index in [1.807, 2.05) is 0 Å². The van der Waals surface area contributed by atoms with Gasteiger partial charge in [0.25, 0.3) is 5.91 Å². The molecule has 0 aromatic carbocycles. The molecule has 2 aromatic heterocycles. The van der Waals surface area contributed by atoms with Crippen LogP contribution in [0.2, 0.25) is 0 Å². The molecule has 0 saturated carbocycles. The minimum Gasteiger partial charge on any atom is -0.377 e. The van der Waals surface area contributed by atoms with Crippen molar-refractivity contribution >= 4 is 5.91 Å². The van der Waals surface area contributed by atoms with Crippen molar-refractivity contribution in [1.29, 1.82) is 0 Å². The second-order valence-electron chi connectivity index (χ2n) is 3.55. The third-order valence-electron chi connectivity index (χ3n) is 2.19. The van der Waals surface area contributed by atoms with Crippen LogP contribution in [0.5, 0.6) is 0 Å². The molecule has 2 N–H and O–H groups in total. The van der Waals surface area contributed by atoms with E-state index in [2.05, 4.69) is 25.7 Å². The van der Waals surface area contributed by atoms with Gasteiger partial charge in [0.05, 0.1) is 0 Å². The minimum atomic E-state index is -0.291. The van der Waals surface area contributed by atoms with Crippen molar-refractivity contribution in [3.8, 4) is 0 Å². The first-order valence-corrected chi connectivity index (χ1v) is 5.36. The highest BCUT2D eigenvalue weighted by Gasteiger charge is 2.11. The second kappa shape index (κ2) is 5.92. The van der Waals surface area contributed by atoms with Crippen molar-refractivity contribution in [1.82, 2.24) is 25.7 Å². The summed E-state index contributed by atoms with van der Waals surface area (Å²) >= 11 is 0. The lowest BCUT2D eigenvalue weighted by Gasteiger charge is -1.99. The van der Waals surface area contributed by atoms with Gasteiger partial charge in [-0.25, -0.2) is 4.98 Å². The van der Waals surface area contributed by atoms with Crippen molar-refractivity contribution in [3.63, 3.8) is 0 Å². The third-order valence-corrected chi connectivity index (χ3v) is 2.19. The van der Waals surface area contributed by atoms with Crippen LogP contribution in [0.3, 0.4) is 0 Å². The number of rotatable bonds is 6. The largest absolute Gasteiger partial charge is 0.377 e. The first-order valence-electron chi connectivity index (χ1n) is 5.36. The quantitative estimate of drug-likeness (QED) is 0.743. The average Bonchev–Trinajstić information content (AvgIpc) is 3.00. The highest BCUT2D eigenvalue weighted by molar-refractivity contribution is 5.92. The lowest BCUT2D eigenvalue weighted by atomic mass is 10.3. The molecule has 8 nitrogen and oxygen atoms in total. The van der Waals surface area contributed by atoms with Crippen LogP contribution in [-0.2, 0) is 17.8 Å².